The van der Waals surface area contributed by atoms with Crippen molar-refractivity contribution in [2.24, 2.45) is 0 Å². The predicted molar refractivity (Wildman–Crippen MR) is 113 cm³/mol. The van der Waals surface area contributed by atoms with Gasteiger partial charge in [0.25, 0.3) is 11.7 Å². The maximum Gasteiger partial charge on any atom is 0.298 e. The molecule has 0 saturated carbocycles. The van der Waals surface area contributed by atoms with Crippen molar-refractivity contribution in [3.8, 4) is 22.6 Å². The van der Waals surface area contributed by atoms with Gasteiger partial charge in [-0.25, -0.2) is 0 Å². The SMILES string of the molecule is COc1ccc(NC(=O)C(=O)c2c(-c3ccncc3)cc3ccccn23)c(OC)c1. The van der Waals surface area contributed by atoms with Gasteiger partial charge in [-0.15, -0.1) is 0 Å². The Kier molecular flexibility index (Phi) is 5.17. The number of anilines is 1. The first-order valence-electron chi connectivity index (χ1n) is 9.20. The molecule has 4 aromatic rings. The minimum atomic E-state index is -0.766. The van der Waals surface area contributed by atoms with Crippen molar-refractivity contribution in [2.45, 2.75) is 0 Å². The quantitative estimate of drug-likeness (QED) is 0.392. The van der Waals surface area contributed by atoms with E-state index in [0.29, 0.717) is 22.7 Å². The molecule has 4 rings (SSSR count). The maximum absolute atomic E-state index is 13.2. The summed E-state index contributed by atoms with van der Waals surface area (Å²) in [4.78, 5) is 30.1. The molecule has 0 radical (unpaired) electrons. The Morgan fingerprint density at radius 3 is 2.50 bits per heavy atom. The Hall–Kier alpha value is -4.13. The summed E-state index contributed by atoms with van der Waals surface area (Å²) in [6.07, 6.45) is 5.05. The molecule has 7 heteroatoms. The van der Waals surface area contributed by atoms with Gasteiger partial charge < -0.3 is 19.2 Å². The molecule has 0 bridgehead atoms. The number of carbonyl (C=O) groups is 2. The number of benzene rings is 1. The van der Waals surface area contributed by atoms with Crippen LogP contribution in [0.2, 0.25) is 0 Å². The number of hydrogen-bond donors (Lipinski definition) is 1. The number of fused-ring (bicyclic) bond motifs is 1. The number of aromatic nitrogens is 2. The van der Waals surface area contributed by atoms with Crippen molar-refractivity contribution in [2.75, 3.05) is 19.5 Å². The highest BCUT2D eigenvalue weighted by Crippen LogP contribution is 2.31. The van der Waals surface area contributed by atoms with Crippen molar-refractivity contribution in [1.29, 1.82) is 0 Å². The lowest BCUT2D eigenvalue weighted by molar-refractivity contribution is -0.112. The summed E-state index contributed by atoms with van der Waals surface area (Å²) in [6.45, 7) is 0. The van der Waals surface area contributed by atoms with Crippen LogP contribution in [0, 0.1) is 0 Å². The number of nitrogens with zero attached hydrogens (tertiary/aromatic N) is 2. The molecule has 0 spiro atoms. The molecule has 0 aliphatic heterocycles. The Labute approximate surface area is 172 Å². The smallest absolute Gasteiger partial charge is 0.298 e. The van der Waals surface area contributed by atoms with E-state index >= 15 is 0 Å². The Morgan fingerprint density at radius 2 is 1.77 bits per heavy atom. The van der Waals surface area contributed by atoms with Crippen LogP contribution in [0.3, 0.4) is 0 Å². The molecule has 3 aromatic heterocycles. The maximum atomic E-state index is 13.2. The van der Waals surface area contributed by atoms with E-state index < -0.39 is 11.7 Å². The summed E-state index contributed by atoms with van der Waals surface area (Å²) in [5.74, 6) is -0.456. The Balaban J connectivity index is 1.74. The molecule has 1 N–H and O–H groups in total. The number of ketones is 1. The van der Waals surface area contributed by atoms with Crippen molar-refractivity contribution < 1.29 is 19.1 Å². The molecule has 30 heavy (non-hydrogen) atoms. The number of ether oxygens (including phenoxy) is 2. The molecule has 7 nitrogen and oxygen atoms in total. The molecule has 3 heterocycles. The summed E-state index contributed by atoms with van der Waals surface area (Å²) in [5, 5.41) is 2.65. The van der Waals surface area contributed by atoms with E-state index in [-0.39, 0.29) is 5.69 Å². The molecule has 0 fully saturated rings. The van der Waals surface area contributed by atoms with Crippen molar-refractivity contribution >= 4 is 22.9 Å². The predicted octanol–water partition coefficient (Wildman–Crippen LogP) is 3.84. The molecular formula is C23H19N3O4. The highest BCUT2D eigenvalue weighted by atomic mass is 16.5. The van der Waals surface area contributed by atoms with Crippen LogP contribution in [0.1, 0.15) is 10.5 Å². The lowest BCUT2D eigenvalue weighted by Crippen LogP contribution is -2.25. The molecule has 0 aliphatic carbocycles. The van der Waals surface area contributed by atoms with Gasteiger partial charge in [0.15, 0.2) is 0 Å². The minimum Gasteiger partial charge on any atom is -0.497 e. The Bertz CT molecular complexity index is 1230. The summed E-state index contributed by atoms with van der Waals surface area (Å²) in [6, 6.07) is 16.0. The zero-order chi connectivity index (χ0) is 21.1. The van der Waals surface area contributed by atoms with E-state index in [0.717, 1.165) is 11.1 Å². The second-order valence-electron chi connectivity index (χ2n) is 6.49. The van der Waals surface area contributed by atoms with Gasteiger partial charge in [0, 0.05) is 35.7 Å². The van der Waals surface area contributed by atoms with Gasteiger partial charge in [0.1, 0.15) is 17.2 Å². The van der Waals surface area contributed by atoms with Crippen LogP contribution in [0.15, 0.2) is 73.2 Å². The number of rotatable bonds is 6. The largest absolute Gasteiger partial charge is 0.497 e. The summed E-state index contributed by atoms with van der Waals surface area (Å²) in [7, 11) is 3.02. The summed E-state index contributed by atoms with van der Waals surface area (Å²) >= 11 is 0. The fraction of sp³-hybridized carbons (Fsp3) is 0.0870. The van der Waals surface area contributed by atoms with E-state index in [4.69, 9.17) is 9.47 Å². The fourth-order valence-corrected chi connectivity index (χ4v) is 3.30. The van der Waals surface area contributed by atoms with E-state index in [1.807, 2.05) is 24.3 Å². The molecule has 1 amide bonds. The van der Waals surface area contributed by atoms with Crippen LogP contribution in [-0.4, -0.2) is 35.3 Å². The molecule has 1 aromatic carbocycles. The molecule has 0 saturated heterocycles. The molecule has 0 atom stereocenters. The fourth-order valence-electron chi connectivity index (χ4n) is 3.30. The third-order valence-corrected chi connectivity index (χ3v) is 4.75. The van der Waals surface area contributed by atoms with Gasteiger partial charge in [0.2, 0.25) is 0 Å². The first-order valence-corrected chi connectivity index (χ1v) is 9.20. The monoisotopic (exact) mass is 401 g/mol. The molecule has 0 aliphatic rings. The zero-order valence-corrected chi connectivity index (χ0v) is 16.5. The Morgan fingerprint density at radius 1 is 0.967 bits per heavy atom. The summed E-state index contributed by atoms with van der Waals surface area (Å²) < 4.78 is 12.2. The minimum absolute atomic E-state index is 0.279. The second-order valence-corrected chi connectivity index (χ2v) is 6.49. The van der Waals surface area contributed by atoms with Gasteiger partial charge in [-0.1, -0.05) is 6.07 Å². The number of Topliss-reactive ketones (excluding diaryl/α,β-unsaturated/α-hetero) is 1. The van der Waals surface area contributed by atoms with Crippen LogP contribution in [0.4, 0.5) is 5.69 Å². The molecule has 150 valence electrons. The number of carbonyl (C=O) groups excluding carboxylic acids is 2. The standard InChI is InChI=1S/C23H19N3O4/c1-29-17-6-7-19(20(14-17)30-2)25-23(28)22(27)21-18(15-8-10-24-11-9-15)13-16-5-3-4-12-26(16)21/h3-14H,1-2H3,(H,25,28). The van der Waals surface area contributed by atoms with Crippen molar-refractivity contribution in [1.82, 2.24) is 9.38 Å². The molecular weight excluding hydrogens is 382 g/mol. The van der Waals surface area contributed by atoms with E-state index in [9.17, 15) is 9.59 Å². The van der Waals surface area contributed by atoms with Gasteiger partial charge in [0.05, 0.1) is 19.9 Å². The third kappa shape index (κ3) is 3.48. The first kappa shape index (κ1) is 19.2. The number of amides is 1. The lowest BCUT2D eigenvalue weighted by Gasteiger charge is -2.12. The third-order valence-electron chi connectivity index (χ3n) is 4.75. The van der Waals surface area contributed by atoms with Crippen LogP contribution >= 0.6 is 0 Å². The van der Waals surface area contributed by atoms with Crippen molar-refractivity contribution in [3.05, 3.63) is 78.9 Å². The average Bonchev–Trinajstić information content (AvgIpc) is 3.19. The van der Waals surface area contributed by atoms with E-state index in [1.165, 1.54) is 14.2 Å². The number of pyridine rings is 2. The van der Waals surface area contributed by atoms with Crippen LogP contribution in [0.25, 0.3) is 16.6 Å². The normalized spacial score (nSPS) is 10.6. The van der Waals surface area contributed by atoms with Crippen LogP contribution in [-0.2, 0) is 4.79 Å². The molecule has 0 unspecified atom stereocenters. The van der Waals surface area contributed by atoms with Gasteiger partial charge >= 0.3 is 0 Å². The average molecular weight is 401 g/mol. The van der Waals surface area contributed by atoms with Gasteiger partial charge in [-0.05, 0) is 48.0 Å². The number of hydrogen-bond acceptors (Lipinski definition) is 5. The van der Waals surface area contributed by atoms with Gasteiger partial charge in [-0.2, -0.15) is 0 Å². The highest BCUT2D eigenvalue weighted by molar-refractivity contribution is 6.47. The van der Waals surface area contributed by atoms with Crippen LogP contribution < -0.4 is 14.8 Å². The lowest BCUT2D eigenvalue weighted by atomic mass is 10.0. The second kappa shape index (κ2) is 8.08. The summed E-state index contributed by atoms with van der Waals surface area (Å²) in [5.41, 5.74) is 2.92. The topological polar surface area (TPSA) is 81.9 Å². The van der Waals surface area contributed by atoms with E-state index in [2.05, 4.69) is 10.3 Å². The zero-order valence-electron chi connectivity index (χ0n) is 16.5. The highest BCUT2D eigenvalue weighted by Gasteiger charge is 2.25. The van der Waals surface area contributed by atoms with E-state index in [1.54, 1.807) is 53.3 Å². The van der Waals surface area contributed by atoms with Crippen molar-refractivity contribution in [3.63, 3.8) is 0 Å². The van der Waals surface area contributed by atoms with Gasteiger partial charge in [-0.3, -0.25) is 14.6 Å². The first-order chi connectivity index (χ1) is 14.6. The van der Waals surface area contributed by atoms with Crippen LogP contribution in [0.5, 0.6) is 11.5 Å². The number of nitrogens with one attached hydrogen (secondary N) is 1. The number of methoxy groups -OCH3 is 2.